The van der Waals surface area contributed by atoms with Crippen molar-refractivity contribution in [3.8, 4) is 11.6 Å². The molecule has 2 aromatic carbocycles. The molecule has 1 fully saturated rings. The third kappa shape index (κ3) is 2.93. The average Bonchev–Trinajstić information content (AvgIpc) is 3.35. The van der Waals surface area contributed by atoms with E-state index in [1.807, 2.05) is 67.6 Å². The third-order valence-corrected chi connectivity index (χ3v) is 5.10. The van der Waals surface area contributed by atoms with Gasteiger partial charge in [0.25, 0.3) is 5.89 Å². The molecule has 0 bridgehead atoms. The highest BCUT2D eigenvalue weighted by Crippen LogP contribution is 2.31. The summed E-state index contributed by atoms with van der Waals surface area (Å²) in [5.74, 6) is 0.908. The quantitative estimate of drug-likeness (QED) is 0.543. The topological polar surface area (TPSA) is 72.1 Å². The predicted molar refractivity (Wildman–Crippen MR) is 106 cm³/mol. The van der Waals surface area contributed by atoms with Crippen LogP contribution in [0.4, 0.5) is 5.69 Å². The summed E-state index contributed by atoms with van der Waals surface area (Å²) in [5.41, 5.74) is 3.58. The van der Waals surface area contributed by atoms with Crippen LogP contribution in [0.2, 0.25) is 0 Å². The lowest BCUT2D eigenvalue weighted by Crippen LogP contribution is -2.24. The number of pyridine rings is 1. The largest absolute Gasteiger partial charge is 0.332 e. The van der Waals surface area contributed by atoms with Gasteiger partial charge in [0.1, 0.15) is 5.69 Å². The van der Waals surface area contributed by atoms with E-state index < -0.39 is 0 Å². The van der Waals surface area contributed by atoms with Gasteiger partial charge in [-0.2, -0.15) is 4.98 Å². The Balaban J connectivity index is 1.40. The fourth-order valence-corrected chi connectivity index (χ4v) is 3.54. The molecule has 138 valence electrons. The maximum Gasteiger partial charge on any atom is 0.276 e. The SMILES string of the molecule is Cc1ccc(N2CC(c3noc(-c4ccc5ccccc5n4)n3)CC2=O)cc1. The molecule has 5 rings (SSSR count). The van der Waals surface area contributed by atoms with Gasteiger partial charge < -0.3 is 9.42 Å². The number of aromatic nitrogens is 3. The summed E-state index contributed by atoms with van der Waals surface area (Å²) in [6.45, 7) is 2.58. The summed E-state index contributed by atoms with van der Waals surface area (Å²) >= 11 is 0. The van der Waals surface area contributed by atoms with Crippen molar-refractivity contribution in [2.75, 3.05) is 11.4 Å². The van der Waals surface area contributed by atoms with Crippen molar-refractivity contribution in [2.45, 2.75) is 19.3 Å². The Morgan fingerprint density at radius 3 is 2.68 bits per heavy atom. The van der Waals surface area contributed by atoms with Gasteiger partial charge in [0.15, 0.2) is 5.82 Å². The number of nitrogens with zero attached hydrogens (tertiary/aromatic N) is 4. The number of amides is 1. The summed E-state index contributed by atoms with van der Waals surface area (Å²) in [4.78, 5) is 23.4. The van der Waals surface area contributed by atoms with Crippen LogP contribution < -0.4 is 4.90 Å². The van der Waals surface area contributed by atoms with E-state index in [0.717, 1.165) is 22.2 Å². The molecule has 0 saturated carbocycles. The number of carbonyl (C=O) groups excluding carboxylic acids is 1. The zero-order valence-electron chi connectivity index (χ0n) is 15.4. The van der Waals surface area contributed by atoms with Crippen LogP contribution in [-0.2, 0) is 4.79 Å². The minimum Gasteiger partial charge on any atom is -0.332 e. The number of aryl methyl sites for hydroxylation is 1. The summed E-state index contributed by atoms with van der Waals surface area (Å²) in [6, 6.07) is 19.7. The summed E-state index contributed by atoms with van der Waals surface area (Å²) in [7, 11) is 0. The first-order valence-corrected chi connectivity index (χ1v) is 9.24. The standard InChI is InChI=1S/C22H18N4O2/c1-14-6-9-17(10-7-14)26-13-16(12-20(26)27)21-24-22(28-25-21)19-11-8-15-4-2-3-5-18(15)23-19/h2-11,16H,12-13H2,1H3. The number of anilines is 1. The van der Waals surface area contributed by atoms with Crippen LogP contribution in [0.3, 0.4) is 0 Å². The van der Waals surface area contributed by atoms with E-state index in [4.69, 9.17) is 4.52 Å². The van der Waals surface area contributed by atoms with Crippen LogP contribution in [0, 0.1) is 6.92 Å². The van der Waals surface area contributed by atoms with Gasteiger partial charge in [-0.3, -0.25) is 4.79 Å². The molecule has 2 aromatic heterocycles. The zero-order valence-corrected chi connectivity index (χ0v) is 15.4. The van der Waals surface area contributed by atoms with Crippen molar-refractivity contribution in [1.29, 1.82) is 0 Å². The van der Waals surface area contributed by atoms with E-state index in [1.54, 1.807) is 4.90 Å². The van der Waals surface area contributed by atoms with Gasteiger partial charge in [-0.25, -0.2) is 4.98 Å². The van der Waals surface area contributed by atoms with Crippen molar-refractivity contribution in [3.05, 3.63) is 72.1 Å². The molecule has 4 aromatic rings. The Hall–Kier alpha value is -3.54. The van der Waals surface area contributed by atoms with Gasteiger partial charge in [-0.15, -0.1) is 0 Å². The molecule has 1 unspecified atom stereocenters. The lowest BCUT2D eigenvalue weighted by atomic mass is 10.1. The van der Waals surface area contributed by atoms with E-state index in [-0.39, 0.29) is 11.8 Å². The van der Waals surface area contributed by atoms with E-state index in [0.29, 0.717) is 30.4 Å². The zero-order chi connectivity index (χ0) is 19.1. The highest BCUT2D eigenvalue weighted by Gasteiger charge is 2.34. The van der Waals surface area contributed by atoms with Gasteiger partial charge in [0, 0.05) is 30.0 Å². The number of rotatable bonds is 3. The van der Waals surface area contributed by atoms with Crippen LogP contribution in [0.1, 0.15) is 23.7 Å². The van der Waals surface area contributed by atoms with E-state index in [2.05, 4.69) is 15.1 Å². The predicted octanol–water partition coefficient (Wildman–Crippen LogP) is 4.11. The molecule has 1 aliphatic heterocycles. The van der Waals surface area contributed by atoms with E-state index in [1.165, 1.54) is 0 Å². The van der Waals surface area contributed by atoms with Gasteiger partial charge >= 0.3 is 0 Å². The lowest BCUT2D eigenvalue weighted by Gasteiger charge is -2.16. The number of benzene rings is 2. The smallest absolute Gasteiger partial charge is 0.276 e. The fraction of sp³-hybridized carbons (Fsp3) is 0.182. The number of hydrogen-bond acceptors (Lipinski definition) is 5. The monoisotopic (exact) mass is 370 g/mol. The molecular formula is C22H18N4O2. The molecule has 28 heavy (non-hydrogen) atoms. The number of hydrogen-bond donors (Lipinski definition) is 0. The maximum atomic E-state index is 12.5. The molecule has 0 radical (unpaired) electrons. The maximum absolute atomic E-state index is 12.5. The average molecular weight is 370 g/mol. The van der Waals surface area contributed by atoms with E-state index in [9.17, 15) is 4.79 Å². The third-order valence-electron chi connectivity index (χ3n) is 5.10. The van der Waals surface area contributed by atoms with Gasteiger partial charge in [0.2, 0.25) is 5.91 Å². The minimum absolute atomic E-state index is 0.0732. The fourth-order valence-electron chi connectivity index (χ4n) is 3.54. The highest BCUT2D eigenvalue weighted by atomic mass is 16.5. The Morgan fingerprint density at radius 2 is 1.82 bits per heavy atom. The molecule has 0 aliphatic carbocycles. The van der Waals surface area contributed by atoms with Crippen LogP contribution in [-0.4, -0.2) is 27.6 Å². The summed E-state index contributed by atoms with van der Waals surface area (Å²) in [6.07, 6.45) is 0.373. The minimum atomic E-state index is -0.0910. The number of fused-ring (bicyclic) bond motifs is 1. The van der Waals surface area contributed by atoms with Gasteiger partial charge in [-0.05, 0) is 31.2 Å². The van der Waals surface area contributed by atoms with Crippen LogP contribution in [0.15, 0.2) is 65.2 Å². The molecule has 1 atom stereocenters. The second-order valence-electron chi connectivity index (χ2n) is 7.09. The van der Waals surface area contributed by atoms with Crippen molar-refractivity contribution >= 4 is 22.5 Å². The Kier molecular flexibility index (Phi) is 3.90. The summed E-state index contributed by atoms with van der Waals surface area (Å²) < 4.78 is 5.45. The molecule has 1 saturated heterocycles. The highest BCUT2D eigenvalue weighted by molar-refractivity contribution is 5.96. The van der Waals surface area contributed by atoms with Crippen molar-refractivity contribution in [3.63, 3.8) is 0 Å². The first kappa shape index (κ1) is 16.6. The van der Waals surface area contributed by atoms with E-state index >= 15 is 0 Å². The lowest BCUT2D eigenvalue weighted by molar-refractivity contribution is -0.117. The summed E-state index contributed by atoms with van der Waals surface area (Å²) in [5, 5.41) is 5.18. The Labute approximate surface area is 161 Å². The number of carbonyl (C=O) groups is 1. The second kappa shape index (κ2) is 6.56. The van der Waals surface area contributed by atoms with Crippen LogP contribution in [0.25, 0.3) is 22.5 Å². The molecular weight excluding hydrogens is 352 g/mol. The number of para-hydroxylation sites is 1. The molecule has 1 amide bonds. The molecule has 0 spiro atoms. The normalized spacial score (nSPS) is 16.8. The van der Waals surface area contributed by atoms with Crippen molar-refractivity contribution < 1.29 is 9.32 Å². The first-order valence-electron chi connectivity index (χ1n) is 9.24. The molecule has 1 aliphatic rings. The molecule has 6 nitrogen and oxygen atoms in total. The van der Waals surface area contributed by atoms with Crippen LogP contribution >= 0.6 is 0 Å². The first-order chi connectivity index (χ1) is 13.7. The van der Waals surface area contributed by atoms with Crippen molar-refractivity contribution in [1.82, 2.24) is 15.1 Å². The Bertz CT molecular complexity index is 1170. The molecule has 3 heterocycles. The molecule has 0 N–H and O–H groups in total. The van der Waals surface area contributed by atoms with Crippen molar-refractivity contribution in [2.24, 2.45) is 0 Å². The van der Waals surface area contributed by atoms with Gasteiger partial charge in [0.05, 0.1) is 5.52 Å². The molecule has 6 heteroatoms. The van der Waals surface area contributed by atoms with Gasteiger partial charge in [-0.1, -0.05) is 47.1 Å². The van der Waals surface area contributed by atoms with Crippen LogP contribution in [0.5, 0.6) is 0 Å². The second-order valence-corrected chi connectivity index (χ2v) is 7.09. The Morgan fingerprint density at radius 1 is 1.00 bits per heavy atom.